The molecule has 0 bridgehead atoms. The van der Waals surface area contributed by atoms with Crippen LogP contribution < -0.4 is 9.64 Å². The first-order chi connectivity index (χ1) is 12.0. The quantitative estimate of drug-likeness (QED) is 0.663. The molecule has 1 aliphatic rings. The van der Waals surface area contributed by atoms with Crippen molar-refractivity contribution in [2.24, 2.45) is 0 Å². The van der Waals surface area contributed by atoms with Gasteiger partial charge in [-0.3, -0.25) is 4.79 Å². The lowest BCUT2D eigenvalue weighted by atomic mass is 10.1. The van der Waals surface area contributed by atoms with E-state index in [1.165, 1.54) is 0 Å². The van der Waals surface area contributed by atoms with Crippen LogP contribution in [0.2, 0.25) is 10.0 Å². The molecular formula is C20H21Cl2NO2. The molecule has 0 N–H and O–H groups in total. The summed E-state index contributed by atoms with van der Waals surface area (Å²) < 4.78 is 5.82. The van der Waals surface area contributed by atoms with Crippen LogP contribution >= 0.6 is 23.2 Å². The molecule has 25 heavy (non-hydrogen) atoms. The molecule has 1 atom stereocenters. The van der Waals surface area contributed by atoms with Crippen LogP contribution in [0.25, 0.3) is 0 Å². The number of benzene rings is 2. The highest BCUT2D eigenvalue weighted by Crippen LogP contribution is 2.29. The van der Waals surface area contributed by atoms with E-state index in [1.54, 1.807) is 13.0 Å². The van der Waals surface area contributed by atoms with Crippen molar-refractivity contribution in [1.29, 1.82) is 0 Å². The molecule has 0 aromatic heterocycles. The lowest BCUT2D eigenvalue weighted by Gasteiger charge is -2.26. The third-order valence-electron chi connectivity index (χ3n) is 4.46. The van der Waals surface area contributed by atoms with Gasteiger partial charge < -0.3 is 9.64 Å². The molecule has 0 saturated carbocycles. The zero-order valence-electron chi connectivity index (χ0n) is 14.2. The first-order valence-electron chi connectivity index (χ1n) is 8.46. The van der Waals surface area contributed by atoms with Crippen LogP contribution in [0.15, 0.2) is 42.5 Å². The average Bonchev–Trinajstić information content (AvgIpc) is 3.04. The van der Waals surface area contributed by atoms with Crippen LogP contribution in [0.3, 0.4) is 0 Å². The van der Waals surface area contributed by atoms with Crippen LogP contribution in [-0.2, 0) is 11.4 Å². The van der Waals surface area contributed by atoms with Gasteiger partial charge in [0.25, 0.3) is 0 Å². The second kappa shape index (κ2) is 8.11. The maximum absolute atomic E-state index is 11.4. The topological polar surface area (TPSA) is 29.5 Å². The smallest absolute Gasteiger partial charge is 0.131 e. The number of nitrogens with zero attached hydrogens (tertiary/aromatic N) is 1. The molecule has 5 heteroatoms. The van der Waals surface area contributed by atoms with Crippen molar-refractivity contribution in [3.05, 3.63) is 58.1 Å². The standard InChI is InChI=1S/C20H21Cl2NO2/c1-14(24)11-17-3-2-10-23(17)16-5-7-18(8-6-16)25-13-15-4-9-19(21)20(22)12-15/h4-9,12,17H,2-3,10-11,13H2,1H3. The van der Waals surface area contributed by atoms with Crippen molar-refractivity contribution < 1.29 is 9.53 Å². The number of carbonyl (C=O) groups excluding carboxylic acids is 1. The van der Waals surface area contributed by atoms with E-state index in [4.69, 9.17) is 27.9 Å². The molecule has 1 heterocycles. The third kappa shape index (κ3) is 4.68. The fourth-order valence-electron chi connectivity index (χ4n) is 3.25. The van der Waals surface area contributed by atoms with Crippen molar-refractivity contribution in [2.75, 3.05) is 11.4 Å². The molecule has 3 nitrogen and oxygen atoms in total. The summed E-state index contributed by atoms with van der Waals surface area (Å²) in [5.74, 6) is 1.05. The van der Waals surface area contributed by atoms with E-state index in [2.05, 4.69) is 17.0 Å². The van der Waals surface area contributed by atoms with Crippen LogP contribution in [0.5, 0.6) is 5.75 Å². The first kappa shape index (κ1) is 18.1. The molecule has 3 rings (SSSR count). The van der Waals surface area contributed by atoms with Gasteiger partial charge in [-0.25, -0.2) is 0 Å². The second-order valence-electron chi connectivity index (χ2n) is 6.43. The number of hydrogen-bond donors (Lipinski definition) is 0. The lowest BCUT2D eigenvalue weighted by molar-refractivity contribution is -0.117. The number of Topliss-reactive ketones (excluding diaryl/α,β-unsaturated/α-hetero) is 1. The molecule has 1 aliphatic heterocycles. The molecule has 1 fully saturated rings. The summed E-state index contributed by atoms with van der Waals surface area (Å²) in [5, 5.41) is 1.07. The van der Waals surface area contributed by atoms with Gasteiger partial charge >= 0.3 is 0 Å². The Morgan fingerprint density at radius 3 is 2.60 bits per heavy atom. The largest absolute Gasteiger partial charge is 0.489 e. The Morgan fingerprint density at radius 1 is 1.16 bits per heavy atom. The summed E-state index contributed by atoms with van der Waals surface area (Å²) in [6, 6.07) is 13.9. The Labute approximate surface area is 158 Å². The number of halogens is 2. The summed E-state index contributed by atoms with van der Waals surface area (Å²) in [5.41, 5.74) is 2.12. The van der Waals surface area contributed by atoms with Gasteiger partial charge in [-0.05, 0) is 61.7 Å². The molecule has 0 radical (unpaired) electrons. The summed E-state index contributed by atoms with van der Waals surface area (Å²) >= 11 is 11.9. The van der Waals surface area contributed by atoms with E-state index >= 15 is 0 Å². The van der Waals surface area contributed by atoms with Crippen molar-refractivity contribution in [3.8, 4) is 5.75 Å². The van der Waals surface area contributed by atoms with Gasteiger partial charge in [-0.1, -0.05) is 29.3 Å². The Kier molecular flexibility index (Phi) is 5.87. The second-order valence-corrected chi connectivity index (χ2v) is 7.24. The Balaban J connectivity index is 1.62. The van der Waals surface area contributed by atoms with Crippen molar-refractivity contribution in [3.63, 3.8) is 0 Å². The lowest BCUT2D eigenvalue weighted by Crippen LogP contribution is -2.30. The first-order valence-corrected chi connectivity index (χ1v) is 9.21. The fourth-order valence-corrected chi connectivity index (χ4v) is 3.57. The van der Waals surface area contributed by atoms with Crippen molar-refractivity contribution in [2.45, 2.75) is 38.8 Å². The van der Waals surface area contributed by atoms with Crippen LogP contribution in [0, 0.1) is 0 Å². The molecule has 1 saturated heterocycles. The van der Waals surface area contributed by atoms with Gasteiger partial charge in [0.1, 0.15) is 18.1 Å². The van der Waals surface area contributed by atoms with Gasteiger partial charge in [0.05, 0.1) is 10.0 Å². The van der Waals surface area contributed by atoms with Crippen LogP contribution in [-0.4, -0.2) is 18.4 Å². The van der Waals surface area contributed by atoms with Crippen molar-refractivity contribution in [1.82, 2.24) is 0 Å². The molecule has 0 spiro atoms. The molecule has 2 aromatic rings. The van der Waals surface area contributed by atoms with Gasteiger partial charge in [0, 0.05) is 24.7 Å². The van der Waals surface area contributed by atoms with E-state index in [0.717, 1.165) is 36.4 Å². The monoisotopic (exact) mass is 377 g/mol. The highest BCUT2D eigenvalue weighted by molar-refractivity contribution is 6.42. The number of ether oxygens (including phenoxy) is 1. The minimum Gasteiger partial charge on any atom is -0.489 e. The molecule has 132 valence electrons. The zero-order valence-corrected chi connectivity index (χ0v) is 15.7. The van der Waals surface area contributed by atoms with Gasteiger partial charge in [-0.15, -0.1) is 0 Å². The van der Waals surface area contributed by atoms with E-state index in [9.17, 15) is 4.79 Å². The fraction of sp³-hybridized carbons (Fsp3) is 0.350. The maximum atomic E-state index is 11.4. The van der Waals surface area contributed by atoms with Gasteiger partial charge in [0.2, 0.25) is 0 Å². The zero-order chi connectivity index (χ0) is 17.8. The summed E-state index contributed by atoms with van der Waals surface area (Å²) in [6.45, 7) is 3.10. The molecule has 0 amide bonds. The summed E-state index contributed by atoms with van der Waals surface area (Å²) in [6.07, 6.45) is 2.83. The third-order valence-corrected chi connectivity index (χ3v) is 5.20. The SMILES string of the molecule is CC(=O)CC1CCCN1c1ccc(OCc2ccc(Cl)c(Cl)c2)cc1. The number of anilines is 1. The molecule has 0 aliphatic carbocycles. The normalized spacial score (nSPS) is 16.9. The number of carbonyl (C=O) groups is 1. The maximum Gasteiger partial charge on any atom is 0.131 e. The van der Waals surface area contributed by atoms with Crippen LogP contribution in [0.1, 0.15) is 31.7 Å². The predicted molar refractivity (Wildman–Crippen MR) is 103 cm³/mol. The van der Waals surface area contributed by atoms with E-state index in [1.807, 2.05) is 24.3 Å². The highest BCUT2D eigenvalue weighted by atomic mass is 35.5. The Hall–Kier alpha value is -1.71. The van der Waals surface area contributed by atoms with Gasteiger partial charge in [0.15, 0.2) is 0 Å². The minimum atomic E-state index is 0.249. The number of rotatable bonds is 6. The molecule has 1 unspecified atom stereocenters. The summed E-state index contributed by atoms with van der Waals surface area (Å²) in [7, 11) is 0. The van der Waals surface area contributed by atoms with E-state index < -0.39 is 0 Å². The molecule has 2 aromatic carbocycles. The number of ketones is 1. The minimum absolute atomic E-state index is 0.249. The Morgan fingerprint density at radius 2 is 1.92 bits per heavy atom. The number of hydrogen-bond acceptors (Lipinski definition) is 3. The van der Waals surface area contributed by atoms with Crippen molar-refractivity contribution >= 4 is 34.7 Å². The summed E-state index contributed by atoms with van der Waals surface area (Å²) in [4.78, 5) is 13.8. The highest BCUT2D eigenvalue weighted by Gasteiger charge is 2.25. The molecular weight excluding hydrogens is 357 g/mol. The van der Waals surface area contributed by atoms with E-state index in [0.29, 0.717) is 29.1 Å². The average molecular weight is 378 g/mol. The Bertz CT molecular complexity index is 746. The van der Waals surface area contributed by atoms with Crippen LogP contribution in [0.4, 0.5) is 5.69 Å². The van der Waals surface area contributed by atoms with Gasteiger partial charge in [-0.2, -0.15) is 0 Å². The van der Waals surface area contributed by atoms with E-state index in [-0.39, 0.29) is 5.78 Å². The predicted octanol–water partition coefficient (Wildman–Crippen LogP) is 5.52.